The molecule has 1 amide bonds. The summed E-state index contributed by atoms with van der Waals surface area (Å²) < 4.78 is 11.6. The van der Waals surface area contributed by atoms with Crippen LogP contribution >= 0.6 is 11.3 Å². The molecule has 1 aliphatic rings. The number of thiazole rings is 1. The van der Waals surface area contributed by atoms with Gasteiger partial charge < -0.3 is 19.7 Å². The average Bonchev–Trinajstić information content (AvgIpc) is 3.42. The number of benzene rings is 3. The number of carbonyl (C=O) groups excluding carboxylic acids is 2. The Morgan fingerprint density at radius 3 is 2.54 bits per heavy atom. The van der Waals surface area contributed by atoms with Crippen molar-refractivity contribution in [1.82, 2.24) is 4.98 Å². The lowest BCUT2D eigenvalue weighted by Crippen LogP contribution is -2.29. The molecule has 0 saturated carbocycles. The highest BCUT2D eigenvalue weighted by molar-refractivity contribution is 7.22. The summed E-state index contributed by atoms with van der Waals surface area (Å²) in [6, 6.07) is 15.9. The van der Waals surface area contributed by atoms with Crippen molar-refractivity contribution in [3.8, 4) is 17.2 Å². The van der Waals surface area contributed by atoms with Crippen LogP contribution in [-0.4, -0.2) is 40.6 Å². The normalized spacial score (nSPS) is 16.9. The maximum atomic E-state index is 13.5. The third kappa shape index (κ3) is 4.27. The lowest BCUT2D eigenvalue weighted by molar-refractivity contribution is -0.132. The summed E-state index contributed by atoms with van der Waals surface area (Å²) in [7, 11) is 1.53. The number of rotatable bonds is 6. The second kappa shape index (κ2) is 9.59. The number of aliphatic hydroxyl groups excluding tert-OH is 1. The largest absolute Gasteiger partial charge is 0.507 e. The number of methoxy groups -OCH3 is 1. The second-order valence-corrected chi connectivity index (χ2v) is 9.53. The van der Waals surface area contributed by atoms with E-state index < -0.39 is 17.7 Å². The van der Waals surface area contributed by atoms with E-state index in [2.05, 4.69) is 4.98 Å². The van der Waals surface area contributed by atoms with Gasteiger partial charge in [0.15, 0.2) is 16.6 Å². The highest BCUT2D eigenvalue weighted by Gasteiger charge is 2.48. The predicted octanol–water partition coefficient (Wildman–Crippen LogP) is 5.34. The number of amides is 1. The Morgan fingerprint density at radius 2 is 1.84 bits per heavy atom. The van der Waals surface area contributed by atoms with Gasteiger partial charge in [0.05, 0.1) is 35.5 Å². The van der Waals surface area contributed by atoms with Crippen LogP contribution in [0.25, 0.3) is 16.0 Å². The zero-order valence-corrected chi connectivity index (χ0v) is 21.2. The van der Waals surface area contributed by atoms with Crippen molar-refractivity contribution in [2.24, 2.45) is 0 Å². The number of fused-ring (bicyclic) bond motifs is 1. The minimum Gasteiger partial charge on any atom is -0.507 e. The molecule has 1 fully saturated rings. The van der Waals surface area contributed by atoms with Crippen molar-refractivity contribution in [2.45, 2.75) is 19.9 Å². The summed E-state index contributed by atoms with van der Waals surface area (Å²) in [5.41, 5.74) is 2.49. The fourth-order valence-electron chi connectivity index (χ4n) is 4.34. The van der Waals surface area contributed by atoms with Crippen LogP contribution in [0.5, 0.6) is 17.2 Å². The number of aromatic nitrogens is 1. The number of carbonyl (C=O) groups is 2. The molecule has 0 spiro atoms. The van der Waals surface area contributed by atoms with Gasteiger partial charge in [0.25, 0.3) is 5.78 Å². The molecule has 0 bridgehead atoms. The summed E-state index contributed by atoms with van der Waals surface area (Å²) in [4.78, 5) is 32.8. The van der Waals surface area contributed by atoms with Crippen LogP contribution in [0.4, 0.5) is 5.13 Å². The van der Waals surface area contributed by atoms with Gasteiger partial charge in [-0.15, -0.1) is 0 Å². The van der Waals surface area contributed by atoms with E-state index >= 15 is 0 Å². The van der Waals surface area contributed by atoms with Crippen LogP contribution in [0.1, 0.15) is 29.7 Å². The van der Waals surface area contributed by atoms with Crippen molar-refractivity contribution in [3.63, 3.8) is 0 Å². The van der Waals surface area contributed by atoms with Crippen LogP contribution in [0, 0.1) is 6.92 Å². The molecule has 37 heavy (non-hydrogen) atoms. The van der Waals surface area contributed by atoms with E-state index in [1.165, 1.54) is 29.4 Å². The topological polar surface area (TPSA) is 109 Å². The van der Waals surface area contributed by atoms with Crippen LogP contribution < -0.4 is 14.4 Å². The number of nitrogens with zero attached hydrogens (tertiary/aromatic N) is 2. The number of aromatic hydroxyl groups is 1. The highest BCUT2D eigenvalue weighted by Crippen LogP contribution is 2.45. The summed E-state index contributed by atoms with van der Waals surface area (Å²) in [5, 5.41) is 21.9. The predicted molar refractivity (Wildman–Crippen MR) is 141 cm³/mol. The molecule has 0 aliphatic carbocycles. The Hall–Kier alpha value is -4.37. The average molecular weight is 517 g/mol. The maximum Gasteiger partial charge on any atom is 0.301 e. The van der Waals surface area contributed by atoms with Gasteiger partial charge in [0, 0.05) is 5.56 Å². The summed E-state index contributed by atoms with van der Waals surface area (Å²) in [5.74, 6) is -1.25. The summed E-state index contributed by atoms with van der Waals surface area (Å²) in [6.07, 6.45) is 0. The number of aryl methyl sites for hydroxylation is 1. The van der Waals surface area contributed by atoms with Gasteiger partial charge in [-0.25, -0.2) is 4.98 Å². The van der Waals surface area contributed by atoms with E-state index in [-0.39, 0.29) is 22.8 Å². The molecule has 1 aliphatic heterocycles. The Labute approximate surface area is 217 Å². The zero-order valence-electron chi connectivity index (χ0n) is 20.4. The van der Waals surface area contributed by atoms with E-state index in [0.29, 0.717) is 34.1 Å². The first-order chi connectivity index (χ1) is 17.8. The van der Waals surface area contributed by atoms with Crippen molar-refractivity contribution < 1.29 is 29.3 Å². The molecular weight excluding hydrogens is 492 g/mol. The van der Waals surface area contributed by atoms with E-state index in [4.69, 9.17) is 9.47 Å². The van der Waals surface area contributed by atoms with Gasteiger partial charge in [0.1, 0.15) is 11.5 Å². The number of hydrogen-bond acceptors (Lipinski definition) is 8. The number of phenols is 1. The molecule has 3 aromatic carbocycles. The molecule has 1 aromatic heterocycles. The number of Topliss-reactive ketones (excluding diaryl/α,β-unsaturated/α-hetero) is 1. The third-order valence-electron chi connectivity index (χ3n) is 6.15. The van der Waals surface area contributed by atoms with Crippen LogP contribution in [0.3, 0.4) is 0 Å². The number of hydrogen-bond donors (Lipinski definition) is 2. The smallest absolute Gasteiger partial charge is 0.301 e. The van der Waals surface area contributed by atoms with Crippen molar-refractivity contribution in [3.05, 3.63) is 82.9 Å². The Morgan fingerprint density at radius 1 is 1.08 bits per heavy atom. The van der Waals surface area contributed by atoms with Crippen LogP contribution in [0.2, 0.25) is 0 Å². The van der Waals surface area contributed by atoms with Crippen molar-refractivity contribution in [2.75, 3.05) is 18.6 Å². The number of aliphatic hydroxyl groups is 1. The zero-order chi connectivity index (χ0) is 26.3. The number of phenolic OH excluding ortho intramolecular Hbond substituents is 1. The quantitative estimate of drug-likeness (QED) is 0.202. The van der Waals surface area contributed by atoms with Gasteiger partial charge in [-0.2, -0.15) is 0 Å². The number of anilines is 1. The minimum absolute atomic E-state index is 0.0758. The molecule has 1 unspecified atom stereocenters. The fourth-order valence-corrected chi connectivity index (χ4v) is 5.43. The Balaban J connectivity index is 1.73. The summed E-state index contributed by atoms with van der Waals surface area (Å²) >= 11 is 1.29. The van der Waals surface area contributed by atoms with Crippen molar-refractivity contribution in [1.29, 1.82) is 0 Å². The molecule has 5 rings (SSSR count). The molecule has 2 N–H and O–H groups in total. The molecule has 188 valence electrons. The van der Waals surface area contributed by atoms with E-state index in [0.717, 1.165) is 10.3 Å². The number of ether oxygens (including phenoxy) is 2. The lowest BCUT2D eigenvalue weighted by atomic mass is 9.95. The molecule has 0 radical (unpaired) electrons. The summed E-state index contributed by atoms with van der Waals surface area (Å²) in [6.45, 7) is 4.05. The fraction of sp³-hybridized carbons (Fsp3) is 0.179. The Bertz CT molecular complexity index is 1560. The lowest BCUT2D eigenvalue weighted by Gasteiger charge is -2.23. The first kappa shape index (κ1) is 24.3. The SMILES string of the molecule is CCOc1cc(C2C(=C(O)c3ccc(OC)cc3)C(=O)C(=O)N2c2nc3ccc(C)cc3s2)ccc1O. The minimum atomic E-state index is -0.997. The standard InChI is InChI=1S/C28H24N2O6S/c1-4-36-21-14-17(8-12-20(21)31)24-23(25(32)16-6-9-18(35-3)10-7-16)26(33)27(34)30(24)28-29-19-11-5-15(2)13-22(19)37-28/h5-14,24,31-32H,4H2,1-3H3. The molecule has 1 saturated heterocycles. The first-order valence-electron chi connectivity index (χ1n) is 11.6. The molecule has 8 nitrogen and oxygen atoms in total. The molecule has 9 heteroatoms. The van der Waals surface area contributed by atoms with Gasteiger partial charge >= 0.3 is 5.91 Å². The Kier molecular flexibility index (Phi) is 6.31. The van der Waals surface area contributed by atoms with Crippen molar-refractivity contribution >= 4 is 44.1 Å². The van der Waals surface area contributed by atoms with Crippen LogP contribution in [0.15, 0.2) is 66.2 Å². The van der Waals surface area contributed by atoms with Gasteiger partial charge in [-0.3, -0.25) is 14.5 Å². The van der Waals surface area contributed by atoms with Gasteiger partial charge in [0.2, 0.25) is 0 Å². The maximum absolute atomic E-state index is 13.5. The van der Waals surface area contributed by atoms with E-state index in [1.54, 1.807) is 43.3 Å². The first-order valence-corrected chi connectivity index (χ1v) is 12.4. The highest BCUT2D eigenvalue weighted by atomic mass is 32.1. The molecule has 4 aromatic rings. The molecule has 2 heterocycles. The van der Waals surface area contributed by atoms with E-state index in [9.17, 15) is 19.8 Å². The third-order valence-corrected chi connectivity index (χ3v) is 7.16. The molecular formula is C28H24N2O6S. The van der Waals surface area contributed by atoms with Gasteiger partial charge in [-0.1, -0.05) is 23.5 Å². The molecule has 1 atom stereocenters. The second-order valence-electron chi connectivity index (χ2n) is 8.53. The van der Waals surface area contributed by atoms with Crippen LogP contribution in [-0.2, 0) is 9.59 Å². The van der Waals surface area contributed by atoms with E-state index in [1.807, 2.05) is 25.1 Å². The monoisotopic (exact) mass is 516 g/mol. The number of ketones is 1. The van der Waals surface area contributed by atoms with Gasteiger partial charge in [-0.05, 0) is 73.5 Å².